The topological polar surface area (TPSA) is 47.3 Å². The van der Waals surface area contributed by atoms with E-state index in [0.717, 1.165) is 15.9 Å². The summed E-state index contributed by atoms with van der Waals surface area (Å²) in [5.41, 5.74) is 1.79. The lowest BCUT2D eigenvalue weighted by molar-refractivity contribution is -0.116. The molecule has 0 amide bonds. The maximum atomic E-state index is 11.0. The molecule has 0 aromatic carbocycles. The minimum Gasteiger partial charge on any atom is -0.300 e. The first-order valence-electron chi connectivity index (χ1n) is 4.56. The van der Waals surface area contributed by atoms with Crippen LogP contribution in [0.4, 0.5) is 0 Å². The number of Topliss-reactive ketones (excluding diaryl/α,β-unsaturated/α-hetero) is 1. The molecule has 2 aromatic rings. The fourth-order valence-electron chi connectivity index (χ4n) is 1.44. The Bertz CT molecular complexity index is 533. The summed E-state index contributed by atoms with van der Waals surface area (Å²) < 4.78 is 2.73. The van der Waals surface area contributed by atoms with Gasteiger partial charge in [-0.3, -0.25) is 9.20 Å². The summed E-state index contributed by atoms with van der Waals surface area (Å²) in [6, 6.07) is 0. The van der Waals surface area contributed by atoms with Crippen molar-refractivity contribution in [2.45, 2.75) is 20.3 Å². The highest BCUT2D eigenvalue weighted by Crippen LogP contribution is 2.17. The Balaban J connectivity index is 2.54. The summed E-state index contributed by atoms with van der Waals surface area (Å²) in [4.78, 5) is 19.4. The maximum absolute atomic E-state index is 11.0. The van der Waals surface area contributed by atoms with Crippen LogP contribution in [-0.2, 0) is 11.2 Å². The van der Waals surface area contributed by atoms with Gasteiger partial charge >= 0.3 is 0 Å². The zero-order valence-corrected chi connectivity index (χ0v) is 10.1. The summed E-state index contributed by atoms with van der Waals surface area (Å²) in [6.07, 6.45) is 3.98. The molecule has 78 valence electrons. The lowest BCUT2D eigenvalue weighted by Crippen LogP contribution is -1.99. The molecule has 2 aromatic heterocycles. The highest BCUT2D eigenvalue weighted by atomic mass is 79.9. The molecule has 4 nitrogen and oxygen atoms in total. The fraction of sp³-hybridized carbons (Fsp3) is 0.300. The third-order valence-corrected chi connectivity index (χ3v) is 3.04. The monoisotopic (exact) mass is 267 g/mol. The minimum atomic E-state index is 0.129. The lowest BCUT2D eigenvalue weighted by Gasteiger charge is -1.99. The molecule has 0 spiro atoms. The van der Waals surface area contributed by atoms with Crippen LogP contribution >= 0.6 is 15.9 Å². The van der Waals surface area contributed by atoms with Gasteiger partial charge in [0, 0.05) is 18.8 Å². The van der Waals surface area contributed by atoms with Crippen molar-refractivity contribution in [2.75, 3.05) is 0 Å². The van der Waals surface area contributed by atoms with Crippen molar-refractivity contribution < 1.29 is 4.79 Å². The van der Waals surface area contributed by atoms with Crippen LogP contribution in [0, 0.1) is 6.92 Å². The molecule has 5 heteroatoms. The van der Waals surface area contributed by atoms with Crippen LogP contribution in [0.5, 0.6) is 0 Å². The molecule has 0 N–H and O–H groups in total. The Morgan fingerprint density at radius 3 is 3.00 bits per heavy atom. The number of rotatable bonds is 2. The molecule has 0 aliphatic heterocycles. The smallest absolute Gasteiger partial charge is 0.234 e. The lowest BCUT2D eigenvalue weighted by atomic mass is 10.2. The molecule has 0 unspecified atom stereocenters. The van der Waals surface area contributed by atoms with Crippen molar-refractivity contribution in [3.05, 3.63) is 28.3 Å². The van der Waals surface area contributed by atoms with Gasteiger partial charge in [0.05, 0.1) is 5.69 Å². The van der Waals surface area contributed by atoms with E-state index in [2.05, 4.69) is 25.9 Å². The molecule has 2 heterocycles. The zero-order chi connectivity index (χ0) is 11.0. The molecule has 2 rings (SSSR count). The summed E-state index contributed by atoms with van der Waals surface area (Å²) >= 11 is 3.43. The number of fused-ring (bicyclic) bond motifs is 1. The van der Waals surface area contributed by atoms with Crippen molar-refractivity contribution in [1.29, 1.82) is 0 Å². The molecule has 0 bridgehead atoms. The van der Waals surface area contributed by atoms with Gasteiger partial charge in [0.2, 0.25) is 5.78 Å². The second kappa shape index (κ2) is 3.73. The van der Waals surface area contributed by atoms with Crippen molar-refractivity contribution >= 4 is 27.5 Å². The highest BCUT2D eigenvalue weighted by molar-refractivity contribution is 9.10. The van der Waals surface area contributed by atoms with Gasteiger partial charge < -0.3 is 0 Å². The number of nitrogens with zero attached hydrogens (tertiary/aromatic N) is 3. The van der Waals surface area contributed by atoms with Crippen molar-refractivity contribution in [3.63, 3.8) is 0 Å². The van der Waals surface area contributed by atoms with Gasteiger partial charge in [-0.2, -0.15) is 0 Å². The standard InChI is InChI=1S/C10H10BrN3O/c1-6(15)3-8-4-12-10-13-7(2)9(11)14(10)5-8/h4-5H,3H2,1-2H3. The van der Waals surface area contributed by atoms with Crippen molar-refractivity contribution in [3.8, 4) is 0 Å². The zero-order valence-electron chi connectivity index (χ0n) is 8.49. The molecule has 0 saturated heterocycles. The molecule has 0 saturated carbocycles. The van der Waals surface area contributed by atoms with E-state index in [1.165, 1.54) is 0 Å². The van der Waals surface area contributed by atoms with Gasteiger partial charge in [0.15, 0.2) is 0 Å². The fourth-order valence-corrected chi connectivity index (χ4v) is 1.79. The molecule has 15 heavy (non-hydrogen) atoms. The van der Waals surface area contributed by atoms with Crippen LogP contribution in [0.15, 0.2) is 17.0 Å². The van der Waals surface area contributed by atoms with E-state index in [0.29, 0.717) is 12.2 Å². The van der Waals surface area contributed by atoms with Gasteiger partial charge in [-0.25, -0.2) is 9.97 Å². The summed E-state index contributed by atoms with van der Waals surface area (Å²) in [6.45, 7) is 3.47. The maximum Gasteiger partial charge on any atom is 0.234 e. The highest BCUT2D eigenvalue weighted by Gasteiger charge is 2.07. The Hall–Kier alpha value is -1.23. The average Bonchev–Trinajstić information content (AvgIpc) is 2.43. The van der Waals surface area contributed by atoms with Crippen LogP contribution in [0.3, 0.4) is 0 Å². The predicted octanol–water partition coefficient (Wildman–Crippen LogP) is 1.93. The normalized spacial score (nSPS) is 10.9. The quantitative estimate of drug-likeness (QED) is 0.836. The Labute approximate surface area is 95.5 Å². The largest absolute Gasteiger partial charge is 0.300 e. The van der Waals surface area contributed by atoms with Crippen LogP contribution < -0.4 is 0 Å². The SMILES string of the molecule is CC(=O)Cc1cnc2nc(C)c(Br)n2c1. The van der Waals surface area contributed by atoms with Gasteiger partial charge in [0.25, 0.3) is 0 Å². The number of imidazole rings is 1. The Kier molecular flexibility index (Phi) is 2.56. The number of halogens is 1. The molecule has 0 fully saturated rings. The number of hydrogen-bond acceptors (Lipinski definition) is 3. The number of ketones is 1. The van der Waals surface area contributed by atoms with Crippen LogP contribution in [0.2, 0.25) is 0 Å². The second-order valence-corrected chi connectivity index (χ2v) is 4.25. The number of aryl methyl sites for hydroxylation is 1. The molecular weight excluding hydrogens is 258 g/mol. The first kappa shape index (κ1) is 10.3. The van der Waals surface area contributed by atoms with Crippen LogP contribution in [-0.4, -0.2) is 20.2 Å². The second-order valence-electron chi connectivity index (χ2n) is 3.50. The third kappa shape index (κ3) is 1.92. The third-order valence-electron chi connectivity index (χ3n) is 2.09. The van der Waals surface area contributed by atoms with Crippen molar-refractivity contribution in [1.82, 2.24) is 14.4 Å². The molecule has 0 atom stereocenters. The van der Waals surface area contributed by atoms with E-state index < -0.39 is 0 Å². The van der Waals surface area contributed by atoms with Gasteiger partial charge in [-0.1, -0.05) is 0 Å². The minimum absolute atomic E-state index is 0.129. The number of hydrogen-bond donors (Lipinski definition) is 0. The van der Waals surface area contributed by atoms with E-state index in [-0.39, 0.29) is 5.78 Å². The van der Waals surface area contributed by atoms with Crippen molar-refractivity contribution in [2.24, 2.45) is 0 Å². The summed E-state index contributed by atoms with van der Waals surface area (Å²) in [5.74, 6) is 0.774. The summed E-state index contributed by atoms with van der Waals surface area (Å²) in [5, 5.41) is 0. The summed E-state index contributed by atoms with van der Waals surface area (Å²) in [7, 11) is 0. The Morgan fingerprint density at radius 2 is 2.33 bits per heavy atom. The number of carbonyl (C=O) groups is 1. The van der Waals surface area contributed by atoms with E-state index >= 15 is 0 Å². The predicted molar refractivity (Wildman–Crippen MR) is 59.8 cm³/mol. The molecule has 0 aliphatic rings. The van der Waals surface area contributed by atoms with Gasteiger partial charge in [0.1, 0.15) is 10.4 Å². The van der Waals surface area contributed by atoms with E-state index in [9.17, 15) is 4.79 Å². The Morgan fingerprint density at radius 1 is 1.60 bits per heavy atom. The van der Waals surface area contributed by atoms with E-state index in [4.69, 9.17) is 0 Å². The molecule has 0 aliphatic carbocycles. The van der Waals surface area contributed by atoms with Gasteiger partial charge in [-0.15, -0.1) is 0 Å². The first-order chi connectivity index (χ1) is 7.08. The number of carbonyl (C=O) groups excluding carboxylic acids is 1. The van der Waals surface area contributed by atoms with Crippen LogP contribution in [0.1, 0.15) is 18.2 Å². The van der Waals surface area contributed by atoms with Gasteiger partial charge in [-0.05, 0) is 35.3 Å². The van der Waals surface area contributed by atoms with Crippen LogP contribution in [0.25, 0.3) is 5.78 Å². The molecular formula is C10H10BrN3O. The van der Waals surface area contributed by atoms with E-state index in [1.54, 1.807) is 13.1 Å². The van der Waals surface area contributed by atoms with E-state index in [1.807, 2.05) is 17.5 Å². The first-order valence-corrected chi connectivity index (χ1v) is 5.35. The number of aromatic nitrogens is 3. The average molecular weight is 268 g/mol. The molecule has 0 radical (unpaired) electrons.